The summed E-state index contributed by atoms with van der Waals surface area (Å²) in [6.45, 7) is 2.55. The van der Waals surface area contributed by atoms with Gasteiger partial charge < -0.3 is 4.90 Å². The van der Waals surface area contributed by atoms with E-state index in [0.717, 1.165) is 16.0 Å². The molecule has 9 nitrogen and oxygen atoms in total. The second-order valence-electron chi connectivity index (χ2n) is 9.06. The van der Waals surface area contributed by atoms with Gasteiger partial charge in [0.1, 0.15) is 11.5 Å². The third-order valence-electron chi connectivity index (χ3n) is 7.23. The molecule has 0 radical (unpaired) electrons. The maximum atomic E-state index is 14.1. The minimum atomic E-state index is -1.66. The van der Waals surface area contributed by atoms with Crippen molar-refractivity contribution in [2.24, 2.45) is 5.41 Å². The molecular formula is C25H23N5O4. The molecule has 1 spiro atoms. The molecule has 5 heterocycles. The second-order valence-corrected chi connectivity index (χ2v) is 9.06. The fraction of sp³-hybridized carbons (Fsp3) is 0.320. The number of aromatic nitrogens is 2. The Kier molecular flexibility index (Phi) is 4.39. The van der Waals surface area contributed by atoms with Crippen molar-refractivity contribution in [1.82, 2.24) is 19.6 Å². The zero-order valence-electron chi connectivity index (χ0n) is 18.7. The third-order valence-corrected chi connectivity index (χ3v) is 7.23. The highest BCUT2D eigenvalue weighted by Gasteiger charge is 2.64. The van der Waals surface area contributed by atoms with Gasteiger partial charge in [-0.2, -0.15) is 0 Å². The van der Waals surface area contributed by atoms with E-state index in [9.17, 15) is 19.2 Å². The number of hydrogen-bond donors (Lipinski definition) is 1. The molecule has 3 aromatic rings. The molecule has 2 aromatic heterocycles. The molecule has 1 saturated heterocycles. The number of hydrogen-bond acceptors (Lipinski definition) is 6. The number of urea groups is 1. The van der Waals surface area contributed by atoms with Gasteiger partial charge in [-0.15, -0.1) is 0 Å². The summed E-state index contributed by atoms with van der Waals surface area (Å²) in [5, 5.41) is 2.43. The van der Waals surface area contributed by atoms with Crippen LogP contribution in [-0.4, -0.2) is 45.2 Å². The van der Waals surface area contributed by atoms with Crippen molar-refractivity contribution in [1.29, 1.82) is 0 Å². The van der Waals surface area contributed by atoms with Crippen molar-refractivity contribution < 1.29 is 14.4 Å². The summed E-state index contributed by atoms with van der Waals surface area (Å²) in [6, 6.07) is 11.7. The molecule has 34 heavy (non-hydrogen) atoms. The Morgan fingerprint density at radius 1 is 1.09 bits per heavy atom. The molecule has 172 valence electrons. The molecule has 1 aromatic carbocycles. The monoisotopic (exact) mass is 457 g/mol. The summed E-state index contributed by atoms with van der Waals surface area (Å²) in [7, 11) is 0. The van der Waals surface area contributed by atoms with E-state index in [2.05, 4.69) is 5.32 Å². The van der Waals surface area contributed by atoms with Gasteiger partial charge in [0.25, 0.3) is 5.56 Å². The fourth-order valence-electron chi connectivity index (χ4n) is 5.74. The number of anilines is 1. The predicted octanol–water partition coefficient (Wildman–Crippen LogP) is 1.83. The summed E-state index contributed by atoms with van der Waals surface area (Å²) < 4.78 is 1.44. The van der Waals surface area contributed by atoms with Crippen LogP contribution < -0.4 is 15.8 Å². The Bertz CT molecular complexity index is 1450. The van der Waals surface area contributed by atoms with Crippen LogP contribution in [0.5, 0.6) is 0 Å². The number of benzene rings is 1. The van der Waals surface area contributed by atoms with Crippen LogP contribution >= 0.6 is 0 Å². The van der Waals surface area contributed by atoms with Crippen LogP contribution in [0.2, 0.25) is 0 Å². The number of pyridine rings is 1. The lowest BCUT2D eigenvalue weighted by Gasteiger charge is -2.53. The first-order valence-corrected chi connectivity index (χ1v) is 11.5. The first kappa shape index (κ1) is 20.6. The van der Waals surface area contributed by atoms with Crippen LogP contribution in [0.3, 0.4) is 0 Å². The summed E-state index contributed by atoms with van der Waals surface area (Å²) in [5.41, 5.74) is 0.746. The van der Waals surface area contributed by atoms with Crippen LogP contribution in [0.15, 0.2) is 53.5 Å². The number of barbiturate groups is 1. The molecule has 3 aliphatic rings. The molecule has 6 rings (SSSR count). The van der Waals surface area contributed by atoms with E-state index in [1.807, 2.05) is 42.2 Å². The average molecular weight is 457 g/mol. The van der Waals surface area contributed by atoms with E-state index >= 15 is 0 Å². The molecule has 2 atom stereocenters. The Morgan fingerprint density at radius 2 is 1.88 bits per heavy atom. The Hall–Kier alpha value is -4.01. The topological polar surface area (TPSA) is 104 Å². The standard InChI is InChI=1S/C25H23N5O4/c1-2-11-30-23(33)25(22(32)27-24(30)34)14-17-20(26-18-9-5-6-12-28(18)21(17)31)29-13-10-15-7-3-4-8-16(15)19(25)29/h3-9,12,19H,2,10-11,13-14H2,1H3,(H,27,32,34)/t19-,25-/m0/s1. The maximum absolute atomic E-state index is 14.1. The zero-order valence-corrected chi connectivity index (χ0v) is 18.7. The minimum Gasteiger partial charge on any atom is -0.347 e. The number of imide groups is 2. The smallest absolute Gasteiger partial charge is 0.330 e. The van der Waals surface area contributed by atoms with Crippen molar-refractivity contribution in [3.8, 4) is 0 Å². The molecule has 0 saturated carbocycles. The Labute approximate surface area is 195 Å². The summed E-state index contributed by atoms with van der Waals surface area (Å²) in [5.74, 6) is -0.719. The zero-order chi connectivity index (χ0) is 23.6. The predicted molar refractivity (Wildman–Crippen MR) is 123 cm³/mol. The van der Waals surface area contributed by atoms with Crippen molar-refractivity contribution in [2.45, 2.75) is 32.2 Å². The van der Waals surface area contributed by atoms with Gasteiger partial charge in [0, 0.05) is 25.7 Å². The quantitative estimate of drug-likeness (QED) is 0.589. The van der Waals surface area contributed by atoms with Crippen LogP contribution in [0, 0.1) is 5.41 Å². The Balaban J connectivity index is 1.66. The van der Waals surface area contributed by atoms with Crippen molar-refractivity contribution >= 4 is 29.3 Å². The SMILES string of the molecule is CCCN1C(=O)NC(=O)[C@@]2(Cc3c(nc4ccccn4c3=O)N3CCc4ccccc4[C@H]32)C1=O. The van der Waals surface area contributed by atoms with E-state index in [-0.39, 0.29) is 18.5 Å². The van der Waals surface area contributed by atoms with Crippen LogP contribution in [0.25, 0.3) is 5.65 Å². The normalized spacial score (nSPS) is 23.6. The number of rotatable bonds is 2. The highest BCUT2D eigenvalue weighted by Crippen LogP contribution is 2.52. The van der Waals surface area contributed by atoms with E-state index in [4.69, 9.17) is 4.98 Å². The first-order valence-electron chi connectivity index (χ1n) is 11.5. The van der Waals surface area contributed by atoms with Gasteiger partial charge >= 0.3 is 6.03 Å². The molecule has 9 heteroatoms. The molecule has 1 fully saturated rings. The fourth-order valence-corrected chi connectivity index (χ4v) is 5.74. The van der Waals surface area contributed by atoms with E-state index in [0.29, 0.717) is 36.4 Å². The van der Waals surface area contributed by atoms with Gasteiger partial charge in [0.15, 0.2) is 5.41 Å². The number of nitrogens with zero attached hydrogens (tertiary/aromatic N) is 4. The molecule has 3 aliphatic heterocycles. The van der Waals surface area contributed by atoms with Gasteiger partial charge in [0.2, 0.25) is 11.8 Å². The lowest BCUT2D eigenvalue weighted by atomic mass is 9.65. The lowest BCUT2D eigenvalue weighted by molar-refractivity contribution is -0.154. The van der Waals surface area contributed by atoms with Crippen molar-refractivity contribution in [3.63, 3.8) is 0 Å². The van der Waals surface area contributed by atoms with Crippen LogP contribution in [0.1, 0.15) is 36.1 Å². The largest absolute Gasteiger partial charge is 0.347 e. The van der Waals surface area contributed by atoms with E-state index < -0.39 is 29.3 Å². The number of carbonyl (C=O) groups excluding carboxylic acids is 3. The second kappa shape index (κ2) is 7.24. The van der Waals surface area contributed by atoms with Gasteiger partial charge in [-0.1, -0.05) is 37.3 Å². The van der Waals surface area contributed by atoms with Crippen molar-refractivity contribution in [3.05, 3.63) is 75.7 Å². The number of amides is 4. The molecule has 0 bridgehead atoms. The number of fused-ring (bicyclic) bond motifs is 7. The van der Waals surface area contributed by atoms with Crippen molar-refractivity contribution in [2.75, 3.05) is 18.0 Å². The summed E-state index contributed by atoms with van der Waals surface area (Å²) in [4.78, 5) is 61.7. The molecular weight excluding hydrogens is 434 g/mol. The van der Waals surface area contributed by atoms with E-state index in [1.54, 1.807) is 18.3 Å². The van der Waals surface area contributed by atoms with Crippen LogP contribution in [-0.2, 0) is 22.4 Å². The van der Waals surface area contributed by atoms with E-state index in [1.165, 1.54) is 4.40 Å². The lowest BCUT2D eigenvalue weighted by Crippen LogP contribution is -2.70. The third kappa shape index (κ3) is 2.57. The number of carbonyl (C=O) groups is 3. The van der Waals surface area contributed by atoms with Gasteiger partial charge in [-0.3, -0.25) is 29.0 Å². The number of nitrogens with one attached hydrogen (secondary N) is 1. The minimum absolute atomic E-state index is 0.125. The summed E-state index contributed by atoms with van der Waals surface area (Å²) >= 11 is 0. The molecule has 0 unspecified atom stereocenters. The average Bonchev–Trinajstić information content (AvgIpc) is 2.85. The maximum Gasteiger partial charge on any atom is 0.330 e. The highest BCUT2D eigenvalue weighted by atomic mass is 16.2. The summed E-state index contributed by atoms with van der Waals surface area (Å²) in [6.07, 6.45) is 2.75. The first-order chi connectivity index (χ1) is 16.5. The van der Waals surface area contributed by atoms with Gasteiger partial charge in [-0.25, -0.2) is 9.78 Å². The van der Waals surface area contributed by atoms with Gasteiger partial charge in [-0.05, 0) is 36.1 Å². The molecule has 4 amide bonds. The Morgan fingerprint density at radius 3 is 2.71 bits per heavy atom. The molecule has 0 aliphatic carbocycles. The molecule has 1 N–H and O–H groups in total. The van der Waals surface area contributed by atoms with Gasteiger partial charge in [0.05, 0.1) is 11.6 Å². The highest BCUT2D eigenvalue weighted by molar-refractivity contribution is 6.20. The van der Waals surface area contributed by atoms with Crippen LogP contribution in [0.4, 0.5) is 10.6 Å².